The van der Waals surface area contributed by atoms with E-state index in [1.807, 2.05) is 0 Å². The summed E-state index contributed by atoms with van der Waals surface area (Å²) in [5.74, 6) is -0.170. The molecule has 1 aromatic heterocycles. The predicted molar refractivity (Wildman–Crippen MR) is 88.8 cm³/mol. The number of hydrogen-bond acceptors (Lipinski definition) is 6. The summed E-state index contributed by atoms with van der Waals surface area (Å²) in [6, 6.07) is 11.1. The molecule has 3 rings (SSSR count). The number of aliphatic hydroxyl groups excluding tert-OH is 1. The molecule has 7 nitrogen and oxygen atoms in total. The first-order valence-corrected chi connectivity index (χ1v) is 7.61. The van der Waals surface area contributed by atoms with Crippen LogP contribution >= 0.6 is 12.2 Å². The van der Waals surface area contributed by atoms with E-state index in [2.05, 4.69) is 5.10 Å². The van der Waals surface area contributed by atoms with Gasteiger partial charge in [0.1, 0.15) is 5.82 Å². The molecule has 0 saturated carbocycles. The average molecular weight is 361 g/mol. The second kappa shape index (κ2) is 6.91. The molecular formula is C16H12FN3O4S. The minimum Gasteiger partial charge on any atom is -0.409 e. The lowest BCUT2D eigenvalue weighted by molar-refractivity contribution is -0.384. The Labute approximate surface area is 146 Å². The van der Waals surface area contributed by atoms with Crippen molar-refractivity contribution in [3.05, 3.63) is 74.9 Å². The Morgan fingerprint density at radius 3 is 2.48 bits per heavy atom. The van der Waals surface area contributed by atoms with Crippen LogP contribution in [0.1, 0.15) is 11.7 Å². The lowest BCUT2D eigenvalue weighted by Gasteiger charge is -2.09. The van der Waals surface area contributed by atoms with Gasteiger partial charge < -0.3 is 9.52 Å². The number of rotatable bonds is 5. The molecule has 1 N–H and O–H groups in total. The van der Waals surface area contributed by atoms with Crippen molar-refractivity contribution < 1.29 is 18.8 Å². The second-order valence-corrected chi connectivity index (χ2v) is 5.58. The van der Waals surface area contributed by atoms with Crippen LogP contribution in [0.2, 0.25) is 0 Å². The highest BCUT2D eigenvalue weighted by Gasteiger charge is 2.15. The van der Waals surface area contributed by atoms with Crippen molar-refractivity contribution in [3.63, 3.8) is 0 Å². The van der Waals surface area contributed by atoms with Crippen molar-refractivity contribution in [2.75, 3.05) is 0 Å². The Hall–Kier alpha value is -2.91. The number of nitrogens with zero attached hydrogens (tertiary/aromatic N) is 3. The zero-order valence-corrected chi connectivity index (χ0v) is 13.5. The van der Waals surface area contributed by atoms with E-state index < -0.39 is 11.0 Å². The summed E-state index contributed by atoms with van der Waals surface area (Å²) >= 11 is 5.08. The van der Waals surface area contributed by atoms with Gasteiger partial charge in [-0.2, -0.15) is 0 Å². The van der Waals surface area contributed by atoms with Crippen LogP contribution < -0.4 is 0 Å². The molecule has 2 aromatic carbocycles. The molecule has 1 heterocycles. The molecule has 0 aliphatic carbocycles. The largest absolute Gasteiger partial charge is 0.409 e. The van der Waals surface area contributed by atoms with Crippen LogP contribution in [0.5, 0.6) is 0 Å². The van der Waals surface area contributed by atoms with Crippen molar-refractivity contribution in [1.29, 1.82) is 0 Å². The number of nitro benzene ring substituents is 1. The van der Waals surface area contributed by atoms with Gasteiger partial charge in [0, 0.05) is 17.7 Å². The van der Waals surface area contributed by atoms with Crippen LogP contribution in [-0.2, 0) is 6.54 Å². The molecule has 0 unspecified atom stereocenters. The van der Waals surface area contributed by atoms with E-state index in [-0.39, 0.29) is 28.8 Å². The first-order chi connectivity index (χ1) is 11.9. The van der Waals surface area contributed by atoms with Crippen LogP contribution in [0.25, 0.3) is 11.5 Å². The summed E-state index contributed by atoms with van der Waals surface area (Å²) in [7, 11) is 0. The fourth-order valence-corrected chi connectivity index (χ4v) is 2.41. The summed E-state index contributed by atoms with van der Waals surface area (Å²) in [4.78, 5) is 10.2. The van der Waals surface area contributed by atoms with Crippen molar-refractivity contribution >= 4 is 17.9 Å². The first-order valence-electron chi connectivity index (χ1n) is 7.20. The van der Waals surface area contributed by atoms with E-state index in [4.69, 9.17) is 16.6 Å². The van der Waals surface area contributed by atoms with E-state index in [1.165, 1.54) is 53.2 Å². The molecule has 0 amide bonds. The number of aliphatic hydroxyl groups is 1. The molecule has 9 heteroatoms. The highest BCUT2D eigenvalue weighted by atomic mass is 32.1. The van der Waals surface area contributed by atoms with Gasteiger partial charge in [0.05, 0.1) is 17.6 Å². The Balaban J connectivity index is 1.79. The van der Waals surface area contributed by atoms with Crippen LogP contribution in [-0.4, -0.2) is 19.8 Å². The van der Waals surface area contributed by atoms with Gasteiger partial charge in [0.2, 0.25) is 5.89 Å². The summed E-state index contributed by atoms with van der Waals surface area (Å²) < 4.78 is 19.7. The molecule has 25 heavy (non-hydrogen) atoms. The average Bonchev–Trinajstić information content (AvgIpc) is 2.96. The topological polar surface area (TPSA) is 94.3 Å². The third kappa shape index (κ3) is 3.78. The van der Waals surface area contributed by atoms with Gasteiger partial charge in [0.25, 0.3) is 10.5 Å². The lowest BCUT2D eigenvalue weighted by Crippen LogP contribution is -2.10. The smallest absolute Gasteiger partial charge is 0.287 e. The van der Waals surface area contributed by atoms with E-state index in [0.29, 0.717) is 11.1 Å². The van der Waals surface area contributed by atoms with Gasteiger partial charge >= 0.3 is 0 Å². The third-order valence-corrected chi connectivity index (χ3v) is 3.83. The molecule has 3 aromatic rings. The van der Waals surface area contributed by atoms with E-state index in [9.17, 15) is 19.6 Å². The fraction of sp³-hybridized carbons (Fsp3) is 0.125. The molecule has 0 aliphatic heterocycles. The Morgan fingerprint density at radius 1 is 1.24 bits per heavy atom. The van der Waals surface area contributed by atoms with Gasteiger partial charge in [0.15, 0.2) is 0 Å². The van der Waals surface area contributed by atoms with Gasteiger partial charge in [-0.1, -0.05) is 0 Å². The monoisotopic (exact) mass is 361 g/mol. The molecule has 0 radical (unpaired) electrons. The van der Waals surface area contributed by atoms with E-state index in [1.54, 1.807) is 0 Å². The maximum absolute atomic E-state index is 13.0. The van der Waals surface area contributed by atoms with Gasteiger partial charge in [-0.25, -0.2) is 9.07 Å². The summed E-state index contributed by atoms with van der Waals surface area (Å²) in [5, 5.41) is 25.1. The molecular weight excluding hydrogens is 349 g/mol. The lowest BCUT2D eigenvalue weighted by atomic mass is 10.1. The summed E-state index contributed by atoms with van der Waals surface area (Å²) in [5.41, 5.74) is 0.975. The van der Waals surface area contributed by atoms with E-state index in [0.717, 1.165) is 0 Å². The maximum atomic E-state index is 13.0. The Morgan fingerprint density at radius 2 is 1.88 bits per heavy atom. The second-order valence-electron chi connectivity index (χ2n) is 5.23. The number of aromatic nitrogens is 2. The molecule has 0 fully saturated rings. The van der Waals surface area contributed by atoms with Crippen LogP contribution in [0, 0.1) is 20.8 Å². The molecule has 0 spiro atoms. The first kappa shape index (κ1) is 16.9. The number of non-ortho nitro benzene ring substituents is 1. The maximum Gasteiger partial charge on any atom is 0.287 e. The normalized spacial score (nSPS) is 12.1. The number of hydrogen-bond donors (Lipinski definition) is 1. The van der Waals surface area contributed by atoms with Gasteiger partial charge in [-0.3, -0.25) is 10.1 Å². The van der Waals surface area contributed by atoms with Gasteiger partial charge in [-0.05, 0) is 54.2 Å². The molecule has 0 saturated heterocycles. The molecule has 128 valence electrons. The zero-order valence-electron chi connectivity index (χ0n) is 12.7. The predicted octanol–water partition coefficient (Wildman–Crippen LogP) is 3.65. The van der Waals surface area contributed by atoms with Crippen molar-refractivity contribution in [1.82, 2.24) is 9.78 Å². The summed E-state index contributed by atoms with van der Waals surface area (Å²) in [6.45, 7) is 0.0152. The molecule has 1 atom stereocenters. The Kier molecular flexibility index (Phi) is 4.68. The number of halogens is 1. The zero-order chi connectivity index (χ0) is 18.0. The molecule has 0 bridgehead atoms. The third-order valence-electron chi connectivity index (χ3n) is 3.53. The van der Waals surface area contributed by atoms with Crippen LogP contribution in [0.4, 0.5) is 10.1 Å². The van der Waals surface area contributed by atoms with Crippen LogP contribution in [0.3, 0.4) is 0 Å². The van der Waals surface area contributed by atoms with Crippen molar-refractivity contribution in [2.24, 2.45) is 0 Å². The Bertz CT molecular complexity index is 951. The minimum atomic E-state index is -0.973. The van der Waals surface area contributed by atoms with Gasteiger partial charge in [-0.15, -0.1) is 5.10 Å². The van der Waals surface area contributed by atoms with E-state index >= 15 is 0 Å². The van der Waals surface area contributed by atoms with Crippen LogP contribution in [0.15, 0.2) is 52.9 Å². The minimum absolute atomic E-state index is 0.0152. The number of benzene rings is 2. The molecule has 0 aliphatic rings. The standard InChI is InChI=1S/C16H12FN3O4S/c17-12-5-1-11(2-6-12)15-18-19(16(25)24-15)9-14(21)10-3-7-13(8-4-10)20(22)23/h1-8,14,21H,9H2/t14-/m0/s1. The number of nitro groups is 1. The van der Waals surface area contributed by atoms with Crippen molar-refractivity contribution in [3.8, 4) is 11.5 Å². The quantitative estimate of drug-likeness (QED) is 0.423. The SMILES string of the molecule is O=[N+]([O-])c1ccc([C@@H](O)Cn2nc(-c3ccc(F)cc3)oc2=S)cc1. The fourth-order valence-electron chi connectivity index (χ4n) is 2.22. The van der Waals surface area contributed by atoms with Crippen molar-refractivity contribution in [2.45, 2.75) is 12.6 Å². The summed E-state index contributed by atoms with van der Waals surface area (Å²) in [6.07, 6.45) is -0.973. The highest BCUT2D eigenvalue weighted by Crippen LogP contribution is 2.22. The highest BCUT2D eigenvalue weighted by molar-refractivity contribution is 7.71.